The van der Waals surface area contributed by atoms with Gasteiger partial charge in [0.05, 0.1) is 20.1 Å². The minimum atomic E-state index is -1.08. The van der Waals surface area contributed by atoms with E-state index in [2.05, 4.69) is 18.9 Å². The van der Waals surface area contributed by atoms with Gasteiger partial charge in [-0.25, -0.2) is 0 Å². The Balaban J connectivity index is 1.72. The predicted molar refractivity (Wildman–Crippen MR) is 113 cm³/mol. The highest BCUT2D eigenvalue weighted by molar-refractivity contribution is 5.35. The van der Waals surface area contributed by atoms with E-state index < -0.39 is 11.2 Å². The van der Waals surface area contributed by atoms with Gasteiger partial charge in [-0.3, -0.25) is 0 Å². The average Bonchev–Trinajstić information content (AvgIpc) is 3.03. The molecule has 1 aliphatic carbocycles. The van der Waals surface area contributed by atoms with Crippen LogP contribution in [0.5, 0.6) is 0 Å². The smallest absolute Gasteiger partial charge is 0.179 e. The van der Waals surface area contributed by atoms with Crippen LogP contribution in [0.1, 0.15) is 56.9 Å². The second kappa shape index (κ2) is 7.82. The summed E-state index contributed by atoms with van der Waals surface area (Å²) in [5, 5.41) is 12.0. The van der Waals surface area contributed by atoms with Gasteiger partial charge in [0.25, 0.3) is 0 Å². The Kier molecular flexibility index (Phi) is 5.58. The van der Waals surface area contributed by atoms with Crippen molar-refractivity contribution < 1.29 is 14.3 Å². The van der Waals surface area contributed by atoms with Crippen LogP contribution in [0.3, 0.4) is 0 Å². The molecule has 152 valence electrons. The zero-order chi connectivity index (χ0) is 19.7. The van der Waals surface area contributed by atoms with E-state index in [0.717, 1.165) is 29.4 Å². The second-order valence-corrected chi connectivity index (χ2v) is 9.66. The summed E-state index contributed by atoms with van der Waals surface area (Å²) >= 11 is 0. The lowest BCUT2D eigenvalue weighted by molar-refractivity contribution is -0.931. The Labute approximate surface area is 170 Å². The average molecular weight is 383 g/mol. The predicted octanol–water partition coefficient (Wildman–Crippen LogP) is 4.10. The van der Waals surface area contributed by atoms with Crippen LogP contribution in [0.2, 0.25) is 0 Å². The van der Waals surface area contributed by atoms with Crippen molar-refractivity contribution in [3.05, 3.63) is 35.9 Å². The first kappa shape index (κ1) is 20.0. The van der Waals surface area contributed by atoms with Gasteiger partial charge in [0.15, 0.2) is 11.2 Å². The molecule has 4 aliphatic rings. The van der Waals surface area contributed by atoms with Crippen LogP contribution in [-0.2, 0) is 10.3 Å². The molecule has 28 heavy (non-hydrogen) atoms. The van der Waals surface area contributed by atoms with E-state index in [4.69, 9.17) is 4.74 Å². The van der Waals surface area contributed by atoms with Crippen LogP contribution < -0.4 is 0 Å². The van der Waals surface area contributed by atoms with Gasteiger partial charge >= 0.3 is 0 Å². The summed E-state index contributed by atoms with van der Waals surface area (Å²) in [6.07, 6.45) is 9.37. The summed E-state index contributed by atoms with van der Waals surface area (Å²) in [7, 11) is 4.15. The number of methoxy groups -OCH3 is 1. The number of nitrogens with zero attached hydrogens (tertiary/aromatic N) is 1. The van der Waals surface area contributed by atoms with Crippen molar-refractivity contribution in [2.24, 2.45) is 11.8 Å². The van der Waals surface area contributed by atoms with Crippen molar-refractivity contribution in [2.45, 2.75) is 62.6 Å². The van der Waals surface area contributed by atoms with Crippen LogP contribution in [0.4, 0.5) is 0 Å². The normalized spacial score (nSPS) is 35.5. The second-order valence-electron chi connectivity index (χ2n) is 9.66. The Hall–Kier alpha value is -1.34. The molecule has 1 saturated carbocycles. The Bertz CT molecular complexity index is 720. The lowest BCUT2D eigenvalue weighted by atomic mass is 9.72. The number of aliphatic hydroxyl groups is 1. The number of benzene rings is 1. The fourth-order valence-corrected chi connectivity index (χ4v) is 5.94. The third-order valence-electron chi connectivity index (χ3n) is 7.80. The third kappa shape index (κ3) is 3.63. The molecule has 2 bridgehead atoms. The number of piperidine rings is 3. The summed E-state index contributed by atoms with van der Waals surface area (Å²) in [6, 6.07) is 10.1. The summed E-state index contributed by atoms with van der Waals surface area (Å²) in [5.41, 5.74) is -0.553. The first-order chi connectivity index (χ1) is 13.5. The first-order valence-corrected chi connectivity index (χ1v) is 11.2. The van der Waals surface area contributed by atoms with Crippen molar-refractivity contribution in [3.8, 4) is 11.8 Å². The summed E-state index contributed by atoms with van der Waals surface area (Å²) < 4.78 is 7.17. The fraction of sp³-hybridized carbons (Fsp3) is 0.680. The number of hydrogen-bond donors (Lipinski definition) is 1. The number of quaternary nitrogens is 1. The largest absolute Gasteiger partial charge is 0.373 e. The molecule has 3 heteroatoms. The molecule has 5 rings (SSSR count). The molecule has 3 nitrogen and oxygen atoms in total. The van der Waals surface area contributed by atoms with Gasteiger partial charge in [-0.2, -0.15) is 0 Å². The Morgan fingerprint density at radius 3 is 2.25 bits per heavy atom. The molecule has 3 heterocycles. The molecule has 1 unspecified atom stereocenters. The van der Waals surface area contributed by atoms with Crippen molar-refractivity contribution in [1.82, 2.24) is 0 Å². The van der Waals surface area contributed by atoms with Gasteiger partial charge in [-0.05, 0) is 18.4 Å². The molecule has 2 atom stereocenters. The molecule has 3 saturated heterocycles. The standard InChI is InChI=1S/C25H36NO2/c1-26-18-14-21(15-19-26)24(20-26,28-2)16-17-25(27,23-12-8-5-9-13-23)22-10-6-3-4-7-11-22/h5,8-9,12-13,21-22,27H,3-4,6-7,10-11,14-15,18-20H2,1-2H3/q+1/t21?,24-,25?,26?/m1/s1. The van der Waals surface area contributed by atoms with Crippen molar-refractivity contribution in [3.63, 3.8) is 0 Å². The lowest BCUT2D eigenvalue weighted by Crippen LogP contribution is -2.67. The molecule has 1 aromatic carbocycles. The van der Waals surface area contributed by atoms with Crippen molar-refractivity contribution in [2.75, 3.05) is 33.8 Å². The molecule has 4 fully saturated rings. The zero-order valence-electron chi connectivity index (χ0n) is 17.6. The van der Waals surface area contributed by atoms with Crippen LogP contribution in [0.25, 0.3) is 0 Å². The van der Waals surface area contributed by atoms with Crippen LogP contribution in [-0.4, -0.2) is 49.0 Å². The SMILES string of the molecule is CO[C@]1(C#CC(O)(c2ccccc2)C2CCCCCC2)C[N+]2(C)CCC1CC2. The summed E-state index contributed by atoms with van der Waals surface area (Å²) in [5.74, 6) is 7.69. The highest BCUT2D eigenvalue weighted by atomic mass is 16.5. The summed E-state index contributed by atoms with van der Waals surface area (Å²) in [6.45, 7) is 3.39. The van der Waals surface area contributed by atoms with E-state index in [9.17, 15) is 5.11 Å². The number of ether oxygens (including phenoxy) is 1. The van der Waals surface area contributed by atoms with Crippen molar-refractivity contribution >= 4 is 0 Å². The van der Waals surface area contributed by atoms with E-state index in [0.29, 0.717) is 5.92 Å². The minimum absolute atomic E-state index is 0.199. The maximum atomic E-state index is 12.0. The number of likely N-dealkylation sites (N-methyl/N-ethyl adjacent to an activating group) is 1. The molecule has 1 N–H and O–H groups in total. The monoisotopic (exact) mass is 382 g/mol. The van der Waals surface area contributed by atoms with Crippen LogP contribution in [0.15, 0.2) is 30.3 Å². The van der Waals surface area contributed by atoms with Crippen LogP contribution >= 0.6 is 0 Å². The molecule has 3 aliphatic heterocycles. The van der Waals surface area contributed by atoms with Crippen LogP contribution in [0, 0.1) is 23.7 Å². The zero-order valence-corrected chi connectivity index (χ0v) is 17.6. The quantitative estimate of drug-likeness (QED) is 0.484. The lowest BCUT2D eigenvalue weighted by Gasteiger charge is -2.54. The molecule has 0 aromatic heterocycles. The first-order valence-electron chi connectivity index (χ1n) is 11.2. The molecular formula is C25H36NO2+. The van der Waals surface area contributed by atoms with Crippen molar-refractivity contribution in [1.29, 1.82) is 0 Å². The van der Waals surface area contributed by atoms with E-state index in [1.54, 1.807) is 0 Å². The Morgan fingerprint density at radius 1 is 1.04 bits per heavy atom. The molecule has 0 amide bonds. The maximum absolute atomic E-state index is 12.0. The molecule has 0 spiro atoms. The highest BCUT2D eigenvalue weighted by Gasteiger charge is 2.54. The topological polar surface area (TPSA) is 29.5 Å². The van der Waals surface area contributed by atoms with E-state index in [1.807, 2.05) is 37.4 Å². The summed E-state index contributed by atoms with van der Waals surface area (Å²) in [4.78, 5) is 0. The van der Waals surface area contributed by atoms with Gasteiger partial charge in [-0.1, -0.05) is 67.9 Å². The van der Waals surface area contributed by atoms with Gasteiger partial charge in [-0.15, -0.1) is 0 Å². The van der Waals surface area contributed by atoms with Gasteiger partial charge in [0, 0.05) is 31.8 Å². The highest BCUT2D eigenvalue weighted by Crippen LogP contribution is 2.43. The fourth-order valence-electron chi connectivity index (χ4n) is 5.94. The van der Waals surface area contributed by atoms with E-state index >= 15 is 0 Å². The number of rotatable bonds is 3. The van der Waals surface area contributed by atoms with E-state index in [-0.39, 0.29) is 5.92 Å². The number of fused-ring (bicyclic) bond motifs is 3. The minimum Gasteiger partial charge on any atom is -0.373 e. The molecular weight excluding hydrogens is 346 g/mol. The van der Waals surface area contributed by atoms with Gasteiger partial charge in [0.2, 0.25) is 0 Å². The number of hydrogen-bond acceptors (Lipinski definition) is 2. The van der Waals surface area contributed by atoms with Gasteiger partial charge < -0.3 is 14.3 Å². The Morgan fingerprint density at radius 2 is 1.68 bits per heavy atom. The third-order valence-corrected chi connectivity index (χ3v) is 7.80. The maximum Gasteiger partial charge on any atom is 0.179 e. The molecule has 1 aromatic rings. The van der Waals surface area contributed by atoms with Gasteiger partial charge in [0.1, 0.15) is 6.54 Å². The molecule has 0 radical (unpaired) electrons. The van der Waals surface area contributed by atoms with E-state index in [1.165, 1.54) is 51.6 Å².